The van der Waals surface area contributed by atoms with Crippen LogP contribution >= 0.6 is 0 Å². The van der Waals surface area contributed by atoms with Crippen molar-refractivity contribution in [3.05, 3.63) is 24.3 Å². The molecule has 0 aromatic rings. The van der Waals surface area contributed by atoms with Crippen molar-refractivity contribution in [3.63, 3.8) is 0 Å². The number of hydrogen-bond acceptors (Lipinski definition) is 2. The van der Waals surface area contributed by atoms with Gasteiger partial charge in [0.1, 0.15) is 0 Å². The van der Waals surface area contributed by atoms with E-state index in [1.54, 1.807) is 6.08 Å². The van der Waals surface area contributed by atoms with Gasteiger partial charge in [-0.25, -0.2) is 0 Å². The maximum atomic E-state index is 11.5. The smallest absolute Gasteiger partial charge is 0.243 e. The maximum absolute atomic E-state index is 11.5. The Morgan fingerprint density at radius 3 is 2.65 bits per heavy atom. The molecule has 0 spiro atoms. The normalized spacial score (nSPS) is 25.5. The summed E-state index contributed by atoms with van der Waals surface area (Å²) in [6, 6.07) is 0. The molecule has 2 atom stereocenters. The van der Waals surface area contributed by atoms with Gasteiger partial charge >= 0.3 is 0 Å². The monoisotopic (exact) mass is 237 g/mol. The second-order valence-electron chi connectivity index (χ2n) is 4.62. The third-order valence-electron chi connectivity index (χ3n) is 3.39. The molecule has 1 fully saturated rings. The van der Waals surface area contributed by atoms with Gasteiger partial charge in [0.05, 0.1) is 0 Å². The predicted molar refractivity (Wildman–Crippen MR) is 69.5 cm³/mol. The summed E-state index contributed by atoms with van der Waals surface area (Å²) >= 11 is 0. The summed E-state index contributed by atoms with van der Waals surface area (Å²) < 4.78 is 0. The van der Waals surface area contributed by atoms with Crippen LogP contribution < -0.4 is 5.32 Å². The van der Waals surface area contributed by atoms with Crippen LogP contribution in [-0.2, 0) is 4.79 Å². The highest BCUT2D eigenvalue weighted by Crippen LogP contribution is 2.28. The second kappa shape index (κ2) is 8.07. The van der Waals surface area contributed by atoms with Crippen LogP contribution in [0.4, 0.5) is 0 Å². The van der Waals surface area contributed by atoms with Gasteiger partial charge in [-0.1, -0.05) is 31.1 Å². The number of nitrogens with one attached hydrogen (secondary N) is 1. The molecule has 1 saturated carbocycles. The molecule has 0 aromatic carbocycles. The van der Waals surface area contributed by atoms with Crippen LogP contribution in [0, 0.1) is 11.8 Å². The number of aliphatic hydroxyl groups is 1. The van der Waals surface area contributed by atoms with Crippen LogP contribution in [0.5, 0.6) is 0 Å². The lowest BCUT2D eigenvalue weighted by Crippen LogP contribution is -2.34. The Labute approximate surface area is 104 Å². The van der Waals surface area contributed by atoms with Crippen molar-refractivity contribution < 1.29 is 9.90 Å². The minimum atomic E-state index is -0.0506. The van der Waals surface area contributed by atoms with E-state index < -0.39 is 0 Å². The highest BCUT2D eigenvalue weighted by atomic mass is 16.3. The van der Waals surface area contributed by atoms with E-state index in [1.165, 1.54) is 18.9 Å². The molecule has 0 aromatic heterocycles. The maximum Gasteiger partial charge on any atom is 0.243 e. The van der Waals surface area contributed by atoms with E-state index in [1.807, 2.05) is 19.1 Å². The average Bonchev–Trinajstić information content (AvgIpc) is 2.37. The van der Waals surface area contributed by atoms with Crippen LogP contribution in [0.2, 0.25) is 0 Å². The Morgan fingerprint density at radius 2 is 2.00 bits per heavy atom. The number of carbonyl (C=O) groups is 1. The molecular weight excluding hydrogens is 214 g/mol. The van der Waals surface area contributed by atoms with Crippen molar-refractivity contribution in [1.29, 1.82) is 0 Å². The molecule has 96 valence electrons. The van der Waals surface area contributed by atoms with Gasteiger partial charge in [0.25, 0.3) is 0 Å². The van der Waals surface area contributed by atoms with Gasteiger partial charge in [0, 0.05) is 19.2 Å². The predicted octanol–water partition coefficient (Wildman–Crippen LogP) is 2.03. The van der Waals surface area contributed by atoms with Crippen LogP contribution in [0.15, 0.2) is 24.3 Å². The molecule has 0 heterocycles. The SMILES string of the molecule is CC=CC=CC(=O)NCC1CCCCC1CO. The highest BCUT2D eigenvalue weighted by Gasteiger charge is 2.24. The van der Waals surface area contributed by atoms with Crippen LogP contribution in [0.25, 0.3) is 0 Å². The zero-order valence-corrected chi connectivity index (χ0v) is 10.6. The number of allylic oxidation sites excluding steroid dienone is 3. The molecule has 1 rings (SSSR count). The molecule has 1 aliphatic carbocycles. The van der Waals surface area contributed by atoms with Gasteiger partial charge in [-0.2, -0.15) is 0 Å². The van der Waals surface area contributed by atoms with E-state index in [4.69, 9.17) is 0 Å². The Hall–Kier alpha value is -1.09. The topological polar surface area (TPSA) is 49.3 Å². The number of aliphatic hydroxyl groups excluding tert-OH is 1. The van der Waals surface area contributed by atoms with Crippen molar-refractivity contribution in [1.82, 2.24) is 5.32 Å². The minimum absolute atomic E-state index is 0.0506. The molecule has 1 amide bonds. The molecule has 0 bridgehead atoms. The Kier molecular flexibility index (Phi) is 6.63. The van der Waals surface area contributed by atoms with Gasteiger partial charge in [0.2, 0.25) is 5.91 Å². The van der Waals surface area contributed by atoms with Crippen molar-refractivity contribution in [2.75, 3.05) is 13.2 Å². The lowest BCUT2D eigenvalue weighted by Gasteiger charge is -2.30. The fourth-order valence-corrected chi connectivity index (χ4v) is 2.34. The number of amides is 1. The van der Waals surface area contributed by atoms with E-state index in [9.17, 15) is 9.90 Å². The van der Waals surface area contributed by atoms with Gasteiger partial charge in [-0.3, -0.25) is 4.79 Å². The molecule has 2 N–H and O–H groups in total. The summed E-state index contributed by atoms with van der Waals surface area (Å²) in [6.45, 7) is 2.84. The van der Waals surface area contributed by atoms with Crippen LogP contribution in [0.3, 0.4) is 0 Å². The molecule has 3 nitrogen and oxygen atoms in total. The third kappa shape index (κ3) is 5.18. The molecule has 0 saturated heterocycles. The summed E-state index contributed by atoms with van der Waals surface area (Å²) in [4.78, 5) is 11.5. The van der Waals surface area contributed by atoms with Crippen molar-refractivity contribution in [2.24, 2.45) is 11.8 Å². The molecule has 1 aliphatic rings. The second-order valence-corrected chi connectivity index (χ2v) is 4.62. The zero-order chi connectivity index (χ0) is 12.5. The van der Waals surface area contributed by atoms with E-state index in [0.717, 1.165) is 12.8 Å². The van der Waals surface area contributed by atoms with Gasteiger partial charge in [-0.15, -0.1) is 0 Å². The summed E-state index contributed by atoms with van der Waals surface area (Å²) in [6.07, 6.45) is 11.6. The van der Waals surface area contributed by atoms with Crippen molar-refractivity contribution in [2.45, 2.75) is 32.6 Å². The minimum Gasteiger partial charge on any atom is -0.396 e. The van der Waals surface area contributed by atoms with E-state index in [2.05, 4.69) is 5.32 Å². The van der Waals surface area contributed by atoms with Crippen LogP contribution in [-0.4, -0.2) is 24.2 Å². The Balaban J connectivity index is 2.30. The largest absolute Gasteiger partial charge is 0.396 e. The third-order valence-corrected chi connectivity index (χ3v) is 3.39. The highest BCUT2D eigenvalue weighted by molar-refractivity contribution is 5.87. The summed E-state index contributed by atoms with van der Waals surface area (Å²) in [5, 5.41) is 12.2. The number of hydrogen-bond donors (Lipinski definition) is 2. The first kappa shape index (κ1) is 14.0. The lowest BCUT2D eigenvalue weighted by atomic mass is 9.79. The summed E-state index contributed by atoms with van der Waals surface area (Å²) in [7, 11) is 0. The summed E-state index contributed by atoms with van der Waals surface area (Å²) in [5.41, 5.74) is 0. The fraction of sp³-hybridized carbons (Fsp3) is 0.643. The van der Waals surface area contributed by atoms with E-state index in [0.29, 0.717) is 18.4 Å². The van der Waals surface area contributed by atoms with Crippen molar-refractivity contribution in [3.8, 4) is 0 Å². The van der Waals surface area contributed by atoms with Crippen molar-refractivity contribution >= 4 is 5.91 Å². The quantitative estimate of drug-likeness (QED) is 0.568. The standard InChI is InChI=1S/C14H23NO2/c1-2-3-4-9-14(17)15-10-12-7-5-6-8-13(12)11-16/h2-4,9,12-13,16H,5-8,10-11H2,1H3,(H,15,17). The molecule has 3 heteroatoms. The van der Waals surface area contributed by atoms with Gasteiger partial charge in [0.15, 0.2) is 0 Å². The number of rotatable bonds is 5. The molecule has 0 radical (unpaired) electrons. The molecule has 2 unspecified atom stereocenters. The lowest BCUT2D eigenvalue weighted by molar-refractivity contribution is -0.116. The van der Waals surface area contributed by atoms with E-state index in [-0.39, 0.29) is 12.5 Å². The van der Waals surface area contributed by atoms with E-state index >= 15 is 0 Å². The number of carbonyl (C=O) groups excluding carboxylic acids is 1. The molecular formula is C14H23NO2. The first-order valence-corrected chi connectivity index (χ1v) is 6.46. The average molecular weight is 237 g/mol. The van der Waals surface area contributed by atoms with Gasteiger partial charge < -0.3 is 10.4 Å². The Morgan fingerprint density at radius 1 is 1.29 bits per heavy atom. The molecule has 17 heavy (non-hydrogen) atoms. The summed E-state index contributed by atoms with van der Waals surface area (Å²) in [5.74, 6) is 0.752. The first-order chi connectivity index (χ1) is 8.27. The first-order valence-electron chi connectivity index (χ1n) is 6.46. The van der Waals surface area contributed by atoms with Gasteiger partial charge in [-0.05, 0) is 31.6 Å². The zero-order valence-electron chi connectivity index (χ0n) is 10.6. The van der Waals surface area contributed by atoms with Crippen LogP contribution in [0.1, 0.15) is 32.6 Å². The molecule has 0 aliphatic heterocycles. The Bertz CT molecular complexity index is 284. The fourth-order valence-electron chi connectivity index (χ4n) is 2.34.